The van der Waals surface area contributed by atoms with Crippen molar-refractivity contribution in [3.63, 3.8) is 0 Å². The fourth-order valence-electron chi connectivity index (χ4n) is 11.0. The molecule has 0 atom stereocenters. The lowest BCUT2D eigenvalue weighted by atomic mass is 9.60. The molecule has 0 amide bonds. The Morgan fingerprint density at radius 1 is 0.407 bits per heavy atom. The molecule has 7 aromatic carbocycles. The molecule has 1 spiro atoms. The second-order valence-corrected chi connectivity index (χ2v) is 17.1. The third-order valence-corrected chi connectivity index (χ3v) is 13.3. The summed E-state index contributed by atoms with van der Waals surface area (Å²) in [5.41, 5.74) is 22.6. The van der Waals surface area contributed by atoms with Crippen LogP contribution < -0.4 is 9.64 Å². The molecule has 2 nitrogen and oxygen atoms in total. The number of hydrogen-bond donors (Lipinski definition) is 0. The normalized spacial score (nSPS) is 16.6. The monoisotopic (exact) mass is 697 g/mol. The van der Waals surface area contributed by atoms with Crippen LogP contribution in [0.5, 0.6) is 11.5 Å². The van der Waals surface area contributed by atoms with E-state index < -0.39 is 5.41 Å². The van der Waals surface area contributed by atoms with E-state index in [0.717, 1.165) is 11.5 Å². The van der Waals surface area contributed by atoms with E-state index in [0.29, 0.717) is 0 Å². The topological polar surface area (TPSA) is 12.5 Å². The molecule has 0 bridgehead atoms. The van der Waals surface area contributed by atoms with E-state index in [4.69, 9.17) is 4.74 Å². The predicted octanol–water partition coefficient (Wildman–Crippen LogP) is 13.5. The molecule has 0 saturated heterocycles. The second kappa shape index (κ2) is 10.4. The number of hydrogen-bond acceptors (Lipinski definition) is 2. The highest BCUT2D eigenvalue weighted by atomic mass is 16.5. The first kappa shape index (κ1) is 31.6. The Hall–Kier alpha value is -5.86. The summed E-state index contributed by atoms with van der Waals surface area (Å²) in [5.74, 6) is 1.82. The van der Waals surface area contributed by atoms with Gasteiger partial charge in [-0.05, 0) is 130 Å². The van der Waals surface area contributed by atoms with Crippen LogP contribution in [-0.4, -0.2) is 0 Å². The maximum absolute atomic E-state index is 6.77. The number of nitrogens with zero attached hydrogens (tertiary/aromatic N) is 1. The fraction of sp³-hybridized carbons (Fsp3) is 0.192. The van der Waals surface area contributed by atoms with Crippen molar-refractivity contribution >= 4 is 17.1 Å². The first-order valence-electron chi connectivity index (χ1n) is 19.4. The van der Waals surface area contributed by atoms with E-state index in [-0.39, 0.29) is 10.8 Å². The van der Waals surface area contributed by atoms with Gasteiger partial charge >= 0.3 is 0 Å². The SMILES string of the molecule is Cc1cc(C)c(N2c3ccccc3C3(c4ccccc4Oc4ccccc43)c3cc4c(cc32)C(C)(C)c2cc3c(cc2-4)C(C)(C)c2ccccc2-3)c(C)c1. The van der Waals surface area contributed by atoms with Crippen LogP contribution in [0, 0.1) is 20.8 Å². The minimum Gasteiger partial charge on any atom is -0.457 e. The highest BCUT2D eigenvalue weighted by molar-refractivity contribution is 5.97. The summed E-state index contributed by atoms with van der Waals surface area (Å²) in [5, 5.41) is 0. The van der Waals surface area contributed by atoms with E-state index in [1.165, 1.54) is 101 Å². The van der Waals surface area contributed by atoms with Gasteiger partial charge in [-0.25, -0.2) is 0 Å². The van der Waals surface area contributed by atoms with Crippen molar-refractivity contribution in [2.24, 2.45) is 0 Å². The Labute approximate surface area is 318 Å². The van der Waals surface area contributed by atoms with Crippen molar-refractivity contribution in [1.82, 2.24) is 0 Å². The van der Waals surface area contributed by atoms with Gasteiger partial charge in [-0.1, -0.05) is 124 Å². The van der Waals surface area contributed by atoms with Gasteiger partial charge < -0.3 is 9.64 Å². The summed E-state index contributed by atoms with van der Waals surface area (Å²) in [4.78, 5) is 2.58. The third-order valence-electron chi connectivity index (χ3n) is 13.3. The largest absolute Gasteiger partial charge is 0.457 e. The van der Waals surface area contributed by atoms with Crippen LogP contribution in [0.2, 0.25) is 0 Å². The molecule has 0 unspecified atom stereocenters. The number of benzene rings is 7. The summed E-state index contributed by atoms with van der Waals surface area (Å²) < 4.78 is 6.77. The number of fused-ring (bicyclic) bond motifs is 14. The molecule has 7 aromatic rings. The molecule has 2 heteroatoms. The number of para-hydroxylation sites is 3. The van der Waals surface area contributed by atoms with Gasteiger partial charge in [0.15, 0.2) is 0 Å². The van der Waals surface area contributed by atoms with E-state index in [1.807, 2.05) is 0 Å². The lowest BCUT2D eigenvalue weighted by Gasteiger charge is -2.49. The maximum Gasteiger partial charge on any atom is 0.132 e. The van der Waals surface area contributed by atoms with E-state index in [9.17, 15) is 0 Å². The molecule has 0 N–H and O–H groups in total. The highest BCUT2D eigenvalue weighted by Crippen LogP contribution is 2.65. The van der Waals surface area contributed by atoms with Gasteiger partial charge in [0.05, 0.1) is 22.5 Å². The average Bonchev–Trinajstić information content (AvgIpc) is 3.52. The average molecular weight is 698 g/mol. The standard InChI is InChI=1S/C52H43NO/c1-30-24-31(2)49(32(3)25-30)53-45-21-13-10-18-38(45)52(39-19-11-14-22-47(39)54-48-23-15-12-20-40(48)52)44-28-36-35-27-41-34(33-16-8-9-17-37(33)50(41,4)5)26-42(35)51(6,7)43(36)29-46(44)53/h8-29H,1-7H3. The van der Waals surface area contributed by atoms with Crippen LogP contribution in [0.3, 0.4) is 0 Å². The first-order valence-corrected chi connectivity index (χ1v) is 19.4. The minimum atomic E-state index is -0.617. The van der Waals surface area contributed by atoms with E-state index in [2.05, 4.69) is 187 Å². The van der Waals surface area contributed by atoms with E-state index in [1.54, 1.807) is 0 Å². The van der Waals surface area contributed by atoms with Gasteiger partial charge in [-0.2, -0.15) is 0 Å². The van der Waals surface area contributed by atoms with Crippen molar-refractivity contribution < 1.29 is 4.74 Å². The van der Waals surface area contributed by atoms with Crippen molar-refractivity contribution in [1.29, 1.82) is 0 Å². The third kappa shape index (κ3) is 3.76. The van der Waals surface area contributed by atoms with Gasteiger partial charge in [0.1, 0.15) is 11.5 Å². The number of ether oxygens (including phenoxy) is 1. The first-order chi connectivity index (χ1) is 26.0. The number of anilines is 3. The van der Waals surface area contributed by atoms with Gasteiger partial charge in [-0.15, -0.1) is 0 Å². The Kier molecular flexibility index (Phi) is 6.11. The lowest BCUT2D eigenvalue weighted by molar-refractivity contribution is 0.434. The fourth-order valence-corrected chi connectivity index (χ4v) is 11.0. The molecule has 0 saturated carbocycles. The smallest absolute Gasteiger partial charge is 0.132 e. The van der Waals surface area contributed by atoms with Gasteiger partial charge in [-0.3, -0.25) is 0 Å². The minimum absolute atomic E-state index is 0.0852. The summed E-state index contributed by atoms with van der Waals surface area (Å²) in [6, 6.07) is 50.5. The maximum atomic E-state index is 6.77. The molecular formula is C52H43NO. The molecular weight excluding hydrogens is 655 g/mol. The molecule has 0 radical (unpaired) electrons. The summed E-state index contributed by atoms with van der Waals surface area (Å²) in [6.07, 6.45) is 0. The molecule has 4 aliphatic rings. The zero-order chi connectivity index (χ0) is 36.9. The summed E-state index contributed by atoms with van der Waals surface area (Å²) >= 11 is 0. The Bertz CT molecular complexity index is 2730. The Morgan fingerprint density at radius 3 is 1.50 bits per heavy atom. The zero-order valence-electron chi connectivity index (χ0n) is 32.1. The van der Waals surface area contributed by atoms with E-state index >= 15 is 0 Å². The summed E-state index contributed by atoms with van der Waals surface area (Å²) in [6.45, 7) is 16.4. The molecule has 2 heterocycles. The Morgan fingerprint density at radius 2 is 0.870 bits per heavy atom. The van der Waals surface area contributed by atoms with Crippen molar-refractivity contribution in [3.8, 4) is 33.8 Å². The van der Waals surface area contributed by atoms with Crippen molar-refractivity contribution in [2.45, 2.75) is 64.7 Å². The molecule has 2 aliphatic carbocycles. The lowest BCUT2D eigenvalue weighted by Crippen LogP contribution is -2.40. The van der Waals surface area contributed by atoms with Crippen LogP contribution in [0.25, 0.3) is 22.3 Å². The highest BCUT2D eigenvalue weighted by Gasteiger charge is 2.53. The van der Waals surface area contributed by atoms with Crippen LogP contribution >= 0.6 is 0 Å². The van der Waals surface area contributed by atoms with Crippen LogP contribution in [0.15, 0.2) is 133 Å². The number of rotatable bonds is 1. The second-order valence-electron chi connectivity index (χ2n) is 17.1. The molecule has 262 valence electrons. The van der Waals surface area contributed by atoms with Gasteiger partial charge in [0, 0.05) is 22.0 Å². The van der Waals surface area contributed by atoms with Crippen LogP contribution in [0.1, 0.15) is 88.9 Å². The number of aryl methyl sites for hydroxylation is 3. The molecule has 2 aliphatic heterocycles. The van der Waals surface area contributed by atoms with Crippen LogP contribution in [0.4, 0.5) is 17.1 Å². The summed E-state index contributed by atoms with van der Waals surface area (Å²) in [7, 11) is 0. The Balaban J connectivity index is 1.30. The quantitative estimate of drug-likeness (QED) is 0.169. The van der Waals surface area contributed by atoms with Gasteiger partial charge in [0.25, 0.3) is 0 Å². The molecule has 0 fully saturated rings. The van der Waals surface area contributed by atoms with Crippen LogP contribution in [-0.2, 0) is 16.2 Å². The van der Waals surface area contributed by atoms with Gasteiger partial charge in [0.2, 0.25) is 0 Å². The zero-order valence-corrected chi connectivity index (χ0v) is 32.1. The molecule has 11 rings (SSSR count). The molecule has 54 heavy (non-hydrogen) atoms. The molecule has 0 aromatic heterocycles. The van der Waals surface area contributed by atoms with Crippen molar-refractivity contribution in [2.75, 3.05) is 4.90 Å². The predicted molar refractivity (Wildman–Crippen MR) is 222 cm³/mol. The van der Waals surface area contributed by atoms with Crippen molar-refractivity contribution in [3.05, 3.63) is 195 Å².